The first-order valence-electron chi connectivity index (χ1n) is 8.82. The van der Waals surface area contributed by atoms with E-state index in [9.17, 15) is 14.5 Å². The van der Waals surface area contributed by atoms with Gasteiger partial charge in [-0.25, -0.2) is 0 Å². The minimum absolute atomic E-state index is 0.157. The summed E-state index contributed by atoms with van der Waals surface area (Å²) in [6.07, 6.45) is -0.590. The van der Waals surface area contributed by atoms with Crippen molar-refractivity contribution in [2.75, 3.05) is 0 Å². The molecule has 0 amide bonds. The van der Waals surface area contributed by atoms with Crippen LogP contribution in [-0.2, 0) is 0 Å². The summed E-state index contributed by atoms with van der Waals surface area (Å²) in [5.41, 5.74) is 0.871. The van der Waals surface area contributed by atoms with Crippen molar-refractivity contribution in [1.82, 2.24) is 0 Å². The molecule has 2 aromatic carbocycles. The number of benzene rings is 2. The molecule has 8 heteroatoms. The van der Waals surface area contributed by atoms with E-state index in [-0.39, 0.29) is 46.1 Å². The first kappa shape index (κ1) is 18.6. The number of hydrogen-bond donors (Lipinski definition) is 1. The standard InChI is InChI=1S/C20H19O7P/c1-9(21)13-5-7-15-17-18-16(25-12(4)11(3)24-15)8-6-14(10(2)22)20(18)27-28(23)26-19(13)17/h5-8,11-12,23H,1-4H3/t11-,12-/m0/s1. The van der Waals surface area contributed by atoms with Crippen LogP contribution in [0.15, 0.2) is 32.7 Å². The molecule has 0 aliphatic carbocycles. The third kappa shape index (κ3) is 2.87. The van der Waals surface area contributed by atoms with Crippen LogP contribution in [0.4, 0.5) is 0 Å². The lowest BCUT2D eigenvalue weighted by atomic mass is 10.00. The van der Waals surface area contributed by atoms with Crippen LogP contribution in [0.25, 0.3) is 21.9 Å². The lowest BCUT2D eigenvalue weighted by Crippen LogP contribution is -2.32. The summed E-state index contributed by atoms with van der Waals surface area (Å²) in [6.45, 7) is 6.56. The van der Waals surface area contributed by atoms with Crippen LogP contribution in [0.3, 0.4) is 0 Å². The monoisotopic (exact) mass is 402 g/mol. The summed E-state index contributed by atoms with van der Waals surface area (Å²) < 4.78 is 23.4. The summed E-state index contributed by atoms with van der Waals surface area (Å²) >= 11 is 0. The van der Waals surface area contributed by atoms with Crippen molar-refractivity contribution >= 4 is 41.7 Å². The van der Waals surface area contributed by atoms with Gasteiger partial charge in [-0.3, -0.25) is 14.5 Å². The van der Waals surface area contributed by atoms with Gasteiger partial charge in [0, 0.05) is 0 Å². The van der Waals surface area contributed by atoms with Gasteiger partial charge in [0.05, 0.1) is 21.9 Å². The number of ketones is 2. The van der Waals surface area contributed by atoms with Crippen LogP contribution < -0.4 is 9.47 Å². The number of hydrogen-bond acceptors (Lipinski definition) is 7. The molecule has 2 atom stereocenters. The van der Waals surface area contributed by atoms with E-state index >= 15 is 0 Å². The number of Topliss-reactive ketones (excluding diaryl/α,β-unsaturated/α-hetero) is 2. The van der Waals surface area contributed by atoms with Crippen LogP contribution in [0, 0.1) is 0 Å². The van der Waals surface area contributed by atoms with Gasteiger partial charge in [-0.1, -0.05) is 0 Å². The van der Waals surface area contributed by atoms with E-state index in [2.05, 4.69) is 0 Å². The molecule has 0 spiro atoms. The first-order valence-corrected chi connectivity index (χ1v) is 9.95. The molecule has 0 bridgehead atoms. The zero-order chi connectivity index (χ0) is 20.2. The van der Waals surface area contributed by atoms with Crippen LogP contribution in [-0.4, -0.2) is 28.7 Å². The SMILES string of the molecule is CC(=O)c1ccc2c3c1op(O)oc1c(C(C)=O)ccc(c13)O[C@@H](C)[C@H](C)O2. The molecule has 28 heavy (non-hydrogen) atoms. The van der Waals surface area contributed by atoms with Gasteiger partial charge in [0.25, 0.3) is 0 Å². The minimum atomic E-state index is -2.43. The number of carbonyl (C=O) groups is 2. The molecule has 1 N–H and O–H groups in total. The van der Waals surface area contributed by atoms with Gasteiger partial charge < -0.3 is 17.9 Å². The van der Waals surface area contributed by atoms with E-state index in [0.717, 1.165) is 0 Å². The lowest BCUT2D eigenvalue weighted by molar-refractivity contribution is 0.0785. The smallest absolute Gasteiger partial charge is 0.384 e. The molecule has 7 nitrogen and oxygen atoms in total. The molecule has 4 rings (SSSR count). The molecule has 0 radical (unpaired) electrons. The molecular formula is C20H19O7P. The Kier molecular flexibility index (Phi) is 4.44. The third-order valence-corrected chi connectivity index (χ3v) is 5.55. The zero-order valence-electron chi connectivity index (χ0n) is 15.8. The fourth-order valence-corrected chi connectivity index (χ4v) is 4.04. The second-order valence-electron chi connectivity index (χ2n) is 6.81. The average Bonchev–Trinajstić information content (AvgIpc) is 2.76. The highest BCUT2D eigenvalue weighted by molar-refractivity contribution is 7.30. The minimum Gasteiger partial charge on any atom is -0.486 e. The number of rotatable bonds is 2. The topological polar surface area (TPSA) is 99.1 Å². The van der Waals surface area contributed by atoms with Crippen LogP contribution >= 0.6 is 8.24 Å². The molecular weight excluding hydrogens is 383 g/mol. The van der Waals surface area contributed by atoms with Gasteiger partial charge in [-0.15, -0.1) is 0 Å². The highest BCUT2D eigenvalue weighted by Crippen LogP contribution is 2.45. The summed E-state index contributed by atoms with van der Waals surface area (Å²) in [7, 11) is -2.43. The van der Waals surface area contributed by atoms with E-state index in [1.165, 1.54) is 13.8 Å². The van der Waals surface area contributed by atoms with Crippen molar-refractivity contribution in [2.24, 2.45) is 0 Å². The highest BCUT2D eigenvalue weighted by atomic mass is 31.1. The van der Waals surface area contributed by atoms with E-state index < -0.39 is 8.24 Å². The van der Waals surface area contributed by atoms with Crippen LogP contribution in [0.1, 0.15) is 48.4 Å². The summed E-state index contributed by atoms with van der Waals surface area (Å²) in [5, 5.41) is 0.859. The maximum Gasteiger partial charge on any atom is 0.384 e. The quantitative estimate of drug-likeness (QED) is 0.602. The highest BCUT2D eigenvalue weighted by Gasteiger charge is 2.27. The van der Waals surface area contributed by atoms with Gasteiger partial charge in [0.1, 0.15) is 23.7 Å². The summed E-state index contributed by atoms with van der Waals surface area (Å²) in [6, 6.07) is 6.57. The van der Waals surface area contributed by atoms with Crippen molar-refractivity contribution in [3.05, 3.63) is 35.4 Å². The average molecular weight is 402 g/mol. The van der Waals surface area contributed by atoms with Crippen molar-refractivity contribution in [3.63, 3.8) is 0 Å². The van der Waals surface area contributed by atoms with Gasteiger partial charge in [0.15, 0.2) is 22.7 Å². The predicted octanol–water partition coefficient (Wildman–Crippen LogP) is 5.00. The zero-order valence-corrected chi connectivity index (χ0v) is 16.7. The Morgan fingerprint density at radius 1 is 0.821 bits per heavy atom. The normalized spacial score (nSPS) is 18.3. The van der Waals surface area contributed by atoms with Gasteiger partial charge in [0.2, 0.25) is 0 Å². The van der Waals surface area contributed by atoms with E-state index in [4.69, 9.17) is 17.9 Å². The molecule has 0 fully saturated rings. The molecule has 0 saturated carbocycles. The van der Waals surface area contributed by atoms with E-state index in [1.807, 2.05) is 13.8 Å². The lowest BCUT2D eigenvalue weighted by Gasteiger charge is -2.26. The Labute approximate surface area is 161 Å². The molecule has 0 unspecified atom stereocenters. The largest absolute Gasteiger partial charge is 0.486 e. The Morgan fingerprint density at radius 3 is 1.57 bits per heavy atom. The Morgan fingerprint density at radius 2 is 1.21 bits per heavy atom. The molecule has 3 aromatic rings. The van der Waals surface area contributed by atoms with Crippen molar-refractivity contribution < 1.29 is 32.3 Å². The van der Waals surface area contributed by atoms with E-state index in [1.54, 1.807) is 24.3 Å². The van der Waals surface area contributed by atoms with Crippen molar-refractivity contribution in [3.8, 4) is 11.5 Å². The number of carbonyl (C=O) groups excluding carboxylic acids is 2. The first-order chi connectivity index (χ1) is 13.3. The van der Waals surface area contributed by atoms with Gasteiger partial charge >= 0.3 is 8.24 Å². The van der Waals surface area contributed by atoms with Gasteiger partial charge in [-0.05, 0) is 52.0 Å². The van der Waals surface area contributed by atoms with Crippen LogP contribution in [0.2, 0.25) is 0 Å². The van der Waals surface area contributed by atoms with Gasteiger partial charge in [-0.2, -0.15) is 0 Å². The molecule has 1 aromatic heterocycles. The summed E-state index contributed by atoms with van der Waals surface area (Å²) in [5.74, 6) is 0.441. The number of ether oxygens (including phenoxy) is 2. The molecule has 146 valence electrons. The molecule has 1 aliphatic rings. The predicted molar refractivity (Wildman–Crippen MR) is 104 cm³/mol. The molecule has 0 saturated heterocycles. The maximum atomic E-state index is 12.2. The Hall–Kier alpha value is -2.76. The van der Waals surface area contributed by atoms with E-state index in [0.29, 0.717) is 22.3 Å². The Bertz CT molecular complexity index is 1090. The second-order valence-corrected chi connectivity index (χ2v) is 7.65. The van der Waals surface area contributed by atoms with Crippen molar-refractivity contribution in [1.29, 1.82) is 0 Å². The molecule has 1 aliphatic heterocycles. The fourth-order valence-electron chi connectivity index (χ4n) is 3.31. The summed E-state index contributed by atoms with van der Waals surface area (Å²) in [4.78, 5) is 34.7. The van der Waals surface area contributed by atoms with Crippen LogP contribution in [0.5, 0.6) is 11.5 Å². The Balaban J connectivity index is 2.35. The van der Waals surface area contributed by atoms with Crippen molar-refractivity contribution in [2.45, 2.75) is 39.9 Å². The molecule has 2 heterocycles. The maximum absolute atomic E-state index is 12.2. The third-order valence-electron chi connectivity index (χ3n) is 4.87. The fraction of sp³-hybridized carbons (Fsp3) is 0.300. The second kappa shape index (κ2) is 6.69.